The Labute approximate surface area is 126 Å². The predicted molar refractivity (Wildman–Crippen MR) is 85.3 cm³/mol. The van der Waals surface area contributed by atoms with Crippen molar-refractivity contribution in [2.45, 2.75) is 12.8 Å². The zero-order chi connectivity index (χ0) is 15.2. The first-order chi connectivity index (χ1) is 10.4. The molecule has 0 aliphatic carbocycles. The zero-order valence-corrected chi connectivity index (χ0v) is 12.3. The number of hydrogen-bond donors (Lipinski definition) is 2. The van der Waals surface area contributed by atoms with Crippen LogP contribution in [0.5, 0.6) is 0 Å². The lowest BCUT2D eigenvalue weighted by Gasteiger charge is -2.01. The van der Waals surface area contributed by atoms with Gasteiger partial charge in [-0.05, 0) is 24.0 Å². The molecule has 0 unspecified atom stereocenters. The van der Waals surface area contributed by atoms with Crippen LogP contribution in [0.3, 0.4) is 0 Å². The molecule has 0 bridgehead atoms. The van der Waals surface area contributed by atoms with Crippen LogP contribution < -0.4 is 0 Å². The molecule has 21 heavy (non-hydrogen) atoms. The van der Waals surface area contributed by atoms with E-state index >= 15 is 0 Å². The first kappa shape index (κ1) is 17.4. The molecule has 3 heteroatoms. The van der Waals surface area contributed by atoms with E-state index in [0.717, 1.165) is 12.8 Å². The van der Waals surface area contributed by atoms with Gasteiger partial charge >= 0.3 is 0 Å². The number of benzene rings is 2. The summed E-state index contributed by atoms with van der Waals surface area (Å²) in [7, 11) is 0. The minimum Gasteiger partial charge on any atom is -0.394 e. The van der Waals surface area contributed by atoms with Crippen LogP contribution >= 0.6 is 0 Å². The van der Waals surface area contributed by atoms with Crippen LogP contribution in [0.2, 0.25) is 0 Å². The predicted octanol–water partition coefficient (Wildman–Crippen LogP) is 2.46. The Hall–Kier alpha value is -1.68. The van der Waals surface area contributed by atoms with E-state index in [-0.39, 0.29) is 13.2 Å². The van der Waals surface area contributed by atoms with Crippen LogP contribution in [0.1, 0.15) is 11.1 Å². The summed E-state index contributed by atoms with van der Waals surface area (Å²) in [4.78, 5) is 0. The van der Waals surface area contributed by atoms with Crippen molar-refractivity contribution < 1.29 is 14.9 Å². The second kappa shape index (κ2) is 12.1. The molecule has 2 rings (SSSR count). The van der Waals surface area contributed by atoms with Crippen molar-refractivity contribution in [1.82, 2.24) is 0 Å². The molecular formula is C18H24O3. The second-order valence-electron chi connectivity index (χ2n) is 4.53. The van der Waals surface area contributed by atoms with E-state index in [1.165, 1.54) is 11.1 Å². The minimum absolute atomic E-state index is 0.0278. The highest BCUT2D eigenvalue weighted by atomic mass is 16.5. The van der Waals surface area contributed by atoms with Crippen molar-refractivity contribution in [3.8, 4) is 0 Å². The van der Waals surface area contributed by atoms with Crippen LogP contribution in [0.15, 0.2) is 60.7 Å². The van der Waals surface area contributed by atoms with Gasteiger partial charge in [0.2, 0.25) is 0 Å². The highest BCUT2D eigenvalue weighted by Gasteiger charge is 1.93. The third-order valence-electron chi connectivity index (χ3n) is 2.86. The summed E-state index contributed by atoms with van der Waals surface area (Å²) in [6.45, 7) is 0.696. The normalized spacial score (nSPS) is 9.81. The second-order valence-corrected chi connectivity index (χ2v) is 4.53. The Bertz CT molecular complexity index is 399. The molecule has 0 amide bonds. The van der Waals surface area contributed by atoms with Crippen LogP contribution in [0.25, 0.3) is 0 Å². The maximum atomic E-state index is 8.09. The van der Waals surface area contributed by atoms with Crippen molar-refractivity contribution in [2.75, 3.05) is 26.4 Å². The smallest absolute Gasteiger partial charge is 0.0698 e. The van der Waals surface area contributed by atoms with Crippen molar-refractivity contribution in [3.05, 3.63) is 71.8 Å². The molecular weight excluding hydrogens is 264 g/mol. The Kier molecular flexibility index (Phi) is 10.0. The molecule has 2 aromatic rings. The van der Waals surface area contributed by atoms with E-state index < -0.39 is 0 Å². The topological polar surface area (TPSA) is 49.7 Å². The van der Waals surface area contributed by atoms with Crippen LogP contribution in [0, 0.1) is 0 Å². The van der Waals surface area contributed by atoms with Gasteiger partial charge in [0.15, 0.2) is 0 Å². The van der Waals surface area contributed by atoms with E-state index in [2.05, 4.69) is 65.4 Å². The van der Waals surface area contributed by atoms with Crippen LogP contribution in [0.4, 0.5) is 0 Å². The molecule has 0 saturated heterocycles. The van der Waals surface area contributed by atoms with Gasteiger partial charge in [-0.25, -0.2) is 0 Å². The minimum atomic E-state index is 0.0278. The first-order valence-corrected chi connectivity index (χ1v) is 7.24. The van der Waals surface area contributed by atoms with E-state index in [9.17, 15) is 0 Å². The molecule has 0 spiro atoms. The lowest BCUT2D eigenvalue weighted by molar-refractivity contribution is 0.0650. The van der Waals surface area contributed by atoms with Gasteiger partial charge in [0, 0.05) is 0 Å². The maximum absolute atomic E-state index is 8.09. The van der Waals surface area contributed by atoms with E-state index in [1.807, 2.05) is 0 Å². The average Bonchev–Trinajstić information content (AvgIpc) is 2.56. The molecule has 0 fully saturated rings. The van der Waals surface area contributed by atoms with Gasteiger partial charge in [-0.1, -0.05) is 60.7 Å². The number of aliphatic hydroxyl groups excluding tert-OH is 2. The number of rotatable bonds is 7. The van der Waals surface area contributed by atoms with Gasteiger partial charge in [0.25, 0.3) is 0 Å². The van der Waals surface area contributed by atoms with Crippen molar-refractivity contribution in [1.29, 1.82) is 0 Å². The summed E-state index contributed by atoms with van der Waals surface area (Å²) >= 11 is 0. The van der Waals surface area contributed by atoms with Crippen molar-refractivity contribution in [3.63, 3.8) is 0 Å². The summed E-state index contributed by atoms with van der Waals surface area (Å²) in [6, 6.07) is 21.2. The van der Waals surface area contributed by atoms with Gasteiger partial charge in [0.05, 0.1) is 26.4 Å². The largest absolute Gasteiger partial charge is 0.394 e. The average molecular weight is 288 g/mol. The SMILES string of the molecule is OCCOCCO.c1ccc(CCc2ccccc2)cc1. The summed E-state index contributed by atoms with van der Waals surface area (Å²) in [5, 5.41) is 16.2. The van der Waals surface area contributed by atoms with Gasteiger partial charge in [-0.15, -0.1) is 0 Å². The molecule has 2 N–H and O–H groups in total. The number of aryl methyl sites for hydroxylation is 2. The Morgan fingerprint density at radius 2 is 1.00 bits per heavy atom. The van der Waals surface area contributed by atoms with E-state index in [4.69, 9.17) is 10.2 Å². The number of ether oxygens (including phenoxy) is 1. The lowest BCUT2D eigenvalue weighted by atomic mass is 10.0. The standard InChI is InChI=1S/C14H14.C4H10O3/c1-3-7-13(8-4-1)11-12-14-9-5-2-6-10-14;5-1-3-7-4-2-6/h1-10H,11-12H2;5-6H,1-4H2. The van der Waals surface area contributed by atoms with E-state index in [1.54, 1.807) is 0 Å². The third kappa shape index (κ3) is 8.97. The molecule has 2 aromatic carbocycles. The summed E-state index contributed by atoms with van der Waals surface area (Å²) < 4.78 is 4.63. The van der Waals surface area contributed by atoms with Gasteiger partial charge in [0.1, 0.15) is 0 Å². The molecule has 0 heterocycles. The Balaban J connectivity index is 0.000000270. The molecule has 0 aromatic heterocycles. The van der Waals surface area contributed by atoms with Gasteiger partial charge in [-0.2, -0.15) is 0 Å². The summed E-state index contributed by atoms with van der Waals surface area (Å²) in [6.07, 6.45) is 2.26. The van der Waals surface area contributed by atoms with E-state index in [0.29, 0.717) is 13.2 Å². The highest BCUT2D eigenvalue weighted by molar-refractivity contribution is 5.19. The molecule has 0 atom stereocenters. The van der Waals surface area contributed by atoms with Gasteiger partial charge < -0.3 is 14.9 Å². The fourth-order valence-corrected chi connectivity index (χ4v) is 1.81. The molecule has 114 valence electrons. The molecule has 0 aliphatic rings. The lowest BCUT2D eigenvalue weighted by Crippen LogP contribution is -2.03. The zero-order valence-electron chi connectivity index (χ0n) is 12.3. The third-order valence-corrected chi connectivity index (χ3v) is 2.86. The number of aliphatic hydroxyl groups is 2. The summed E-state index contributed by atoms with van der Waals surface area (Å²) in [5.41, 5.74) is 2.83. The fraction of sp³-hybridized carbons (Fsp3) is 0.333. The van der Waals surface area contributed by atoms with Crippen molar-refractivity contribution in [2.24, 2.45) is 0 Å². The Morgan fingerprint density at radius 3 is 1.33 bits per heavy atom. The fourth-order valence-electron chi connectivity index (χ4n) is 1.81. The van der Waals surface area contributed by atoms with Crippen LogP contribution in [-0.4, -0.2) is 36.6 Å². The quantitative estimate of drug-likeness (QED) is 0.770. The Morgan fingerprint density at radius 1 is 0.619 bits per heavy atom. The van der Waals surface area contributed by atoms with Crippen molar-refractivity contribution >= 4 is 0 Å². The number of hydrogen-bond acceptors (Lipinski definition) is 3. The van der Waals surface area contributed by atoms with Crippen LogP contribution in [-0.2, 0) is 17.6 Å². The monoisotopic (exact) mass is 288 g/mol. The molecule has 0 radical (unpaired) electrons. The highest BCUT2D eigenvalue weighted by Crippen LogP contribution is 2.06. The molecule has 0 aliphatic heterocycles. The summed E-state index contributed by atoms with van der Waals surface area (Å²) in [5.74, 6) is 0. The van der Waals surface area contributed by atoms with Gasteiger partial charge in [-0.3, -0.25) is 0 Å². The molecule has 3 nitrogen and oxygen atoms in total. The first-order valence-electron chi connectivity index (χ1n) is 7.24. The maximum Gasteiger partial charge on any atom is 0.0698 e. The molecule has 0 saturated carbocycles.